The van der Waals surface area contributed by atoms with Gasteiger partial charge in [0, 0.05) is 12.6 Å². The van der Waals surface area contributed by atoms with Crippen LogP contribution in [-0.2, 0) is 9.53 Å². The molecule has 1 aliphatic carbocycles. The molecule has 0 amide bonds. The maximum absolute atomic E-state index is 11.6. The number of carbonyl (C=O) groups excluding carboxylic acids is 1. The smallest absolute Gasteiger partial charge is 0.312 e. The fourth-order valence-electron chi connectivity index (χ4n) is 2.99. The molecule has 0 aromatic heterocycles. The van der Waals surface area contributed by atoms with Crippen molar-refractivity contribution in [3.05, 3.63) is 0 Å². The Bertz CT molecular complexity index is 248. The molecule has 0 radical (unpaired) electrons. The standard InChI is InChI=1S/C12H21NO2/c1-12(11(14)15-2)7-8-13(9-12)10-5-3-4-6-10/h10H,3-9H2,1-2H3. The lowest BCUT2D eigenvalue weighted by molar-refractivity contribution is -0.151. The lowest BCUT2D eigenvalue weighted by Crippen LogP contribution is -2.36. The number of carbonyl (C=O) groups is 1. The molecule has 2 aliphatic rings. The molecule has 3 heteroatoms. The number of hydrogen-bond donors (Lipinski definition) is 0. The van der Waals surface area contributed by atoms with Crippen molar-refractivity contribution in [1.82, 2.24) is 4.90 Å². The lowest BCUT2D eigenvalue weighted by Gasteiger charge is -2.26. The highest BCUT2D eigenvalue weighted by molar-refractivity contribution is 5.77. The monoisotopic (exact) mass is 211 g/mol. The van der Waals surface area contributed by atoms with Gasteiger partial charge in [-0.25, -0.2) is 0 Å². The molecule has 1 saturated heterocycles. The largest absolute Gasteiger partial charge is 0.469 e. The quantitative estimate of drug-likeness (QED) is 0.652. The van der Waals surface area contributed by atoms with E-state index < -0.39 is 0 Å². The van der Waals surface area contributed by atoms with Crippen molar-refractivity contribution in [3.63, 3.8) is 0 Å². The molecule has 1 heterocycles. The maximum Gasteiger partial charge on any atom is 0.312 e. The number of hydrogen-bond acceptors (Lipinski definition) is 3. The van der Waals surface area contributed by atoms with E-state index in [-0.39, 0.29) is 11.4 Å². The first-order valence-corrected chi connectivity index (χ1v) is 5.98. The minimum absolute atomic E-state index is 0.0389. The van der Waals surface area contributed by atoms with E-state index in [2.05, 4.69) is 4.90 Å². The van der Waals surface area contributed by atoms with Gasteiger partial charge in [-0.15, -0.1) is 0 Å². The van der Waals surface area contributed by atoms with Crippen molar-refractivity contribution >= 4 is 5.97 Å². The average Bonchev–Trinajstić information content (AvgIpc) is 2.85. The van der Waals surface area contributed by atoms with Crippen LogP contribution in [0.5, 0.6) is 0 Å². The van der Waals surface area contributed by atoms with E-state index >= 15 is 0 Å². The Kier molecular flexibility index (Phi) is 3.01. The van der Waals surface area contributed by atoms with Crippen LogP contribution in [0.25, 0.3) is 0 Å². The zero-order valence-corrected chi connectivity index (χ0v) is 9.79. The summed E-state index contributed by atoms with van der Waals surface area (Å²) in [4.78, 5) is 14.1. The van der Waals surface area contributed by atoms with Crippen molar-refractivity contribution < 1.29 is 9.53 Å². The van der Waals surface area contributed by atoms with Gasteiger partial charge < -0.3 is 4.74 Å². The molecule has 0 aromatic carbocycles. The van der Waals surface area contributed by atoms with Crippen molar-refractivity contribution in [3.8, 4) is 0 Å². The highest BCUT2D eigenvalue weighted by Gasteiger charge is 2.43. The third kappa shape index (κ3) is 2.03. The number of ether oxygens (including phenoxy) is 1. The van der Waals surface area contributed by atoms with Crippen molar-refractivity contribution in [1.29, 1.82) is 0 Å². The van der Waals surface area contributed by atoms with Crippen LogP contribution < -0.4 is 0 Å². The summed E-state index contributed by atoms with van der Waals surface area (Å²) in [6.45, 7) is 3.99. The summed E-state index contributed by atoms with van der Waals surface area (Å²) < 4.78 is 4.88. The van der Waals surface area contributed by atoms with Gasteiger partial charge in [-0.05, 0) is 32.7 Å². The molecule has 1 aliphatic heterocycles. The van der Waals surface area contributed by atoms with E-state index in [0.29, 0.717) is 0 Å². The zero-order valence-electron chi connectivity index (χ0n) is 9.79. The molecule has 0 spiro atoms. The van der Waals surface area contributed by atoms with E-state index in [9.17, 15) is 4.79 Å². The molecule has 2 fully saturated rings. The summed E-state index contributed by atoms with van der Waals surface area (Å²) in [7, 11) is 1.49. The number of methoxy groups -OCH3 is 1. The van der Waals surface area contributed by atoms with Gasteiger partial charge in [0.2, 0.25) is 0 Å². The minimum atomic E-state index is -0.253. The first-order valence-electron chi connectivity index (χ1n) is 5.98. The van der Waals surface area contributed by atoms with E-state index in [1.54, 1.807) is 0 Å². The molecule has 0 bridgehead atoms. The number of esters is 1. The van der Waals surface area contributed by atoms with Crippen LogP contribution in [-0.4, -0.2) is 37.1 Å². The molecular formula is C12H21NO2. The third-order valence-electron chi connectivity index (χ3n) is 4.02. The Labute approximate surface area is 91.8 Å². The Hall–Kier alpha value is -0.570. The SMILES string of the molecule is COC(=O)C1(C)CCN(C2CCCC2)C1. The second-order valence-corrected chi connectivity index (χ2v) is 5.21. The average molecular weight is 211 g/mol. The predicted molar refractivity (Wildman–Crippen MR) is 58.6 cm³/mol. The number of rotatable bonds is 2. The molecule has 2 rings (SSSR count). The molecule has 0 N–H and O–H groups in total. The van der Waals surface area contributed by atoms with Gasteiger partial charge in [-0.2, -0.15) is 0 Å². The van der Waals surface area contributed by atoms with Crippen LogP contribution in [0.4, 0.5) is 0 Å². The summed E-state index contributed by atoms with van der Waals surface area (Å²) >= 11 is 0. The van der Waals surface area contributed by atoms with Crippen LogP contribution in [0.2, 0.25) is 0 Å². The fraction of sp³-hybridized carbons (Fsp3) is 0.917. The summed E-state index contributed by atoms with van der Waals surface area (Å²) in [5, 5.41) is 0. The molecule has 1 atom stereocenters. The summed E-state index contributed by atoms with van der Waals surface area (Å²) in [5.41, 5.74) is -0.253. The fourth-order valence-corrected chi connectivity index (χ4v) is 2.99. The number of nitrogens with zero attached hydrogens (tertiary/aromatic N) is 1. The third-order valence-corrected chi connectivity index (χ3v) is 4.02. The molecule has 3 nitrogen and oxygen atoms in total. The second kappa shape index (κ2) is 4.12. The van der Waals surface area contributed by atoms with Gasteiger partial charge in [0.15, 0.2) is 0 Å². The van der Waals surface area contributed by atoms with Crippen LogP contribution in [0, 0.1) is 5.41 Å². The predicted octanol–water partition coefficient (Wildman–Crippen LogP) is 1.81. The van der Waals surface area contributed by atoms with Crippen LogP contribution >= 0.6 is 0 Å². The zero-order chi connectivity index (χ0) is 10.9. The van der Waals surface area contributed by atoms with E-state index in [4.69, 9.17) is 4.74 Å². The van der Waals surface area contributed by atoms with Crippen LogP contribution in [0.3, 0.4) is 0 Å². The van der Waals surface area contributed by atoms with E-state index in [0.717, 1.165) is 25.6 Å². The Balaban J connectivity index is 1.96. The Morgan fingerprint density at radius 1 is 1.40 bits per heavy atom. The summed E-state index contributed by atoms with van der Waals surface area (Å²) in [6.07, 6.45) is 6.30. The van der Waals surface area contributed by atoms with Gasteiger partial charge in [0.25, 0.3) is 0 Å². The first kappa shape index (κ1) is 10.9. The Morgan fingerprint density at radius 2 is 2.07 bits per heavy atom. The topological polar surface area (TPSA) is 29.5 Å². The maximum atomic E-state index is 11.6. The van der Waals surface area contributed by atoms with Crippen molar-refractivity contribution in [2.24, 2.45) is 5.41 Å². The molecule has 15 heavy (non-hydrogen) atoms. The van der Waals surface area contributed by atoms with E-state index in [1.807, 2.05) is 6.92 Å². The normalized spacial score (nSPS) is 33.5. The number of likely N-dealkylation sites (tertiary alicyclic amines) is 1. The van der Waals surface area contributed by atoms with Gasteiger partial charge in [-0.1, -0.05) is 12.8 Å². The highest BCUT2D eigenvalue weighted by Crippen LogP contribution is 2.35. The highest BCUT2D eigenvalue weighted by atomic mass is 16.5. The van der Waals surface area contributed by atoms with Gasteiger partial charge in [0.1, 0.15) is 0 Å². The lowest BCUT2D eigenvalue weighted by atomic mass is 9.90. The van der Waals surface area contributed by atoms with Crippen LogP contribution in [0.15, 0.2) is 0 Å². The Morgan fingerprint density at radius 3 is 2.67 bits per heavy atom. The molecule has 1 unspecified atom stereocenters. The molecule has 86 valence electrons. The van der Waals surface area contributed by atoms with Crippen molar-refractivity contribution in [2.75, 3.05) is 20.2 Å². The molecular weight excluding hydrogens is 190 g/mol. The van der Waals surface area contributed by atoms with E-state index in [1.165, 1.54) is 32.8 Å². The summed E-state index contributed by atoms with van der Waals surface area (Å²) in [5.74, 6) is -0.0389. The van der Waals surface area contributed by atoms with Gasteiger partial charge in [-0.3, -0.25) is 9.69 Å². The first-order chi connectivity index (χ1) is 7.15. The van der Waals surface area contributed by atoms with Crippen molar-refractivity contribution in [2.45, 2.75) is 45.1 Å². The summed E-state index contributed by atoms with van der Waals surface area (Å²) in [6, 6.07) is 0.733. The second-order valence-electron chi connectivity index (χ2n) is 5.21. The van der Waals surface area contributed by atoms with Gasteiger partial charge in [0.05, 0.1) is 12.5 Å². The molecule has 1 saturated carbocycles. The van der Waals surface area contributed by atoms with Gasteiger partial charge >= 0.3 is 5.97 Å². The molecule has 0 aromatic rings. The minimum Gasteiger partial charge on any atom is -0.469 e. The van der Waals surface area contributed by atoms with Crippen LogP contribution in [0.1, 0.15) is 39.0 Å².